The summed E-state index contributed by atoms with van der Waals surface area (Å²) >= 11 is 0. The lowest BCUT2D eigenvalue weighted by molar-refractivity contribution is 0.340. The van der Waals surface area contributed by atoms with E-state index in [4.69, 9.17) is 4.74 Å². The molecule has 0 bridgehead atoms. The van der Waals surface area contributed by atoms with Gasteiger partial charge in [-0.15, -0.1) is 0 Å². The van der Waals surface area contributed by atoms with Crippen LogP contribution in [0.5, 0.6) is 5.75 Å². The fraction of sp³-hybridized carbons (Fsp3) is 0.263. The van der Waals surface area contributed by atoms with Crippen molar-refractivity contribution >= 4 is 5.95 Å². The van der Waals surface area contributed by atoms with Crippen molar-refractivity contribution < 1.29 is 4.74 Å². The van der Waals surface area contributed by atoms with Gasteiger partial charge in [-0.05, 0) is 36.6 Å². The third kappa shape index (κ3) is 2.73. The molecule has 2 atom stereocenters. The van der Waals surface area contributed by atoms with Crippen LogP contribution in [-0.4, -0.2) is 21.4 Å². The Morgan fingerprint density at radius 1 is 1.08 bits per heavy atom. The molecule has 0 aliphatic carbocycles. The summed E-state index contributed by atoms with van der Waals surface area (Å²) in [4.78, 5) is 4.37. The van der Waals surface area contributed by atoms with E-state index in [9.17, 15) is 0 Å². The standard InChI is InChI=1S/C19H20N4O/c1-2-24-16-10-8-14(9-11-16)17-12-18(15-6-4-3-5-7-15)23-19(22-17)20-13-21-23/h3-11,13,17-18H,2,12H2,1H3,(H,20,21,22)/t17-,18+/m0/s1. The Kier molecular flexibility index (Phi) is 3.91. The van der Waals surface area contributed by atoms with E-state index in [0.717, 1.165) is 18.1 Å². The van der Waals surface area contributed by atoms with Gasteiger partial charge in [-0.25, -0.2) is 4.68 Å². The minimum Gasteiger partial charge on any atom is -0.494 e. The Bertz CT molecular complexity index is 798. The average molecular weight is 320 g/mol. The van der Waals surface area contributed by atoms with Crippen LogP contribution in [-0.2, 0) is 0 Å². The van der Waals surface area contributed by atoms with Crippen LogP contribution in [0.25, 0.3) is 0 Å². The van der Waals surface area contributed by atoms with E-state index in [1.807, 2.05) is 29.8 Å². The van der Waals surface area contributed by atoms with Crippen LogP contribution in [0.4, 0.5) is 5.95 Å². The summed E-state index contributed by atoms with van der Waals surface area (Å²) in [6.07, 6.45) is 2.53. The summed E-state index contributed by atoms with van der Waals surface area (Å²) in [5.74, 6) is 1.72. The molecular formula is C19H20N4O. The van der Waals surface area contributed by atoms with Gasteiger partial charge < -0.3 is 10.1 Å². The van der Waals surface area contributed by atoms with E-state index in [1.54, 1.807) is 6.33 Å². The van der Waals surface area contributed by atoms with Crippen molar-refractivity contribution in [1.82, 2.24) is 14.8 Å². The number of rotatable bonds is 4. The molecule has 1 N–H and O–H groups in total. The van der Waals surface area contributed by atoms with Crippen molar-refractivity contribution in [3.63, 3.8) is 0 Å². The highest BCUT2D eigenvalue weighted by atomic mass is 16.5. The molecule has 122 valence electrons. The first-order valence-electron chi connectivity index (χ1n) is 8.29. The van der Waals surface area contributed by atoms with E-state index in [-0.39, 0.29) is 12.1 Å². The molecule has 5 nitrogen and oxygen atoms in total. The minimum atomic E-state index is 0.182. The first kappa shape index (κ1) is 14.8. The first-order chi connectivity index (χ1) is 11.8. The van der Waals surface area contributed by atoms with Gasteiger partial charge in [0.25, 0.3) is 0 Å². The number of nitrogens with zero attached hydrogens (tertiary/aromatic N) is 3. The normalized spacial score (nSPS) is 19.4. The van der Waals surface area contributed by atoms with Crippen molar-refractivity contribution in [2.24, 2.45) is 0 Å². The van der Waals surface area contributed by atoms with Crippen LogP contribution in [0.1, 0.15) is 36.6 Å². The number of anilines is 1. The van der Waals surface area contributed by atoms with Gasteiger partial charge in [-0.3, -0.25) is 0 Å². The molecule has 0 radical (unpaired) electrons. The molecule has 0 unspecified atom stereocenters. The van der Waals surface area contributed by atoms with Crippen LogP contribution in [0.15, 0.2) is 60.9 Å². The van der Waals surface area contributed by atoms with Gasteiger partial charge >= 0.3 is 0 Å². The molecule has 1 aliphatic heterocycles. The van der Waals surface area contributed by atoms with E-state index < -0.39 is 0 Å². The molecule has 5 heteroatoms. The second-order valence-corrected chi connectivity index (χ2v) is 5.89. The molecule has 3 aromatic rings. The number of benzene rings is 2. The Labute approximate surface area is 141 Å². The number of ether oxygens (including phenoxy) is 1. The Hall–Kier alpha value is -2.82. The first-order valence-corrected chi connectivity index (χ1v) is 8.29. The van der Waals surface area contributed by atoms with Crippen LogP contribution < -0.4 is 10.1 Å². The van der Waals surface area contributed by atoms with Crippen molar-refractivity contribution in [3.05, 3.63) is 72.1 Å². The lowest BCUT2D eigenvalue weighted by Gasteiger charge is -2.31. The predicted octanol–water partition coefficient (Wildman–Crippen LogP) is 3.82. The minimum absolute atomic E-state index is 0.182. The predicted molar refractivity (Wildman–Crippen MR) is 93.2 cm³/mol. The van der Waals surface area contributed by atoms with E-state index in [0.29, 0.717) is 6.61 Å². The molecule has 0 amide bonds. The second-order valence-electron chi connectivity index (χ2n) is 5.89. The van der Waals surface area contributed by atoms with Gasteiger partial charge in [0.1, 0.15) is 12.1 Å². The lowest BCUT2D eigenvalue weighted by Crippen LogP contribution is -2.28. The Balaban J connectivity index is 1.64. The fourth-order valence-electron chi connectivity index (χ4n) is 3.25. The number of hydrogen-bond acceptors (Lipinski definition) is 4. The van der Waals surface area contributed by atoms with Gasteiger partial charge in [0, 0.05) is 0 Å². The third-order valence-electron chi connectivity index (χ3n) is 4.41. The van der Waals surface area contributed by atoms with Crippen LogP contribution in [0, 0.1) is 0 Å². The van der Waals surface area contributed by atoms with E-state index in [1.165, 1.54) is 11.1 Å². The number of fused-ring (bicyclic) bond motifs is 1. The fourth-order valence-corrected chi connectivity index (χ4v) is 3.25. The van der Waals surface area contributed by atoms with Gasteiger partial charge in [0.15, 0.2) is 0 Å². The third-order valence-corrected chi connectivity index (χ3v) is 4.41. The van der Waals surface area contributed by atoms with E-state index >= 15 is 0 Å². The highest BCUT2D eigenvalue weighted by molar-refractivity contribution is 5.39. The molecule has 0 spiro atoms. The van der Waals surface area contributed by atoms with Crippen molar-refractivity contribution in [1.29, 1.82) is 0 Å². The van der Waals surface area contributed by atoms with Gasteiger partial charge in [-0.2, -0.15) is 10.1 Å². The van der Waals surface area contributed by atoms with Crippen LogP contribution in [0.3, 0.4) is 0 Å². The molecule has 4 rings (SSSR count). The Morgan fingerprint density at radius 2 is 1.88 bits per heavy atom. The molecular weight excluding hydrogens is 300 g/mol. The highest BCUT2D eigenvalue weighted by Crippen LogP contribution is 2.37. The van der Waals surface area contributed by atoms with Crippen molar-refractivity contribution in [3.8, 4) is 5.75 Å². The summed E-state index contributed by atoms with van der Waals surface area (Å²) in [5.41, 5.74) is 2.48. The maximum atomic E-state index is 5.54. The molecule has 0 saturated heterocycles. The van der Waals surface area contributed by atoms with Gasteiger partial charge in [0.2, 0.25) is 5.95 Å². The zero-order chi connectivity index (χ0) is 16.4. The zero-order valence-corrected chi connectivity index (χ0v) is 13.6. The van der Waals surface area contributed by atoms with E-state index in [2.05, 4.69) is 51.8 Å². The number of nitrogens with one attached hydrogen (secondary N) is 1. The molecule has 1 aromatic heterocycles. The smallest absolute Gasteiger partial charge is 0.222 e. The van der Waals surface area contributed by atoms with Crippen LogP contribution in [0.2, 0.25) is 0 Å². The zero-order valence-electron chi connectivity index (χ0n) is 13.6. The summed E-state index contributed by atoms with van der Waals surface area (Å²) in [6.45, 7) is 2.67. The average Bonchev–Trinajstić information content (AvgIpc) is 3.11. The molecule has 0 saturated carbocycles. The summed E-state index contributed by atoms with van der Waals surface area (Å²) in [7, 11) is 0. The highest BCUT2D eigenvalue weighted by Gasteiger charge is 2.29. The quantitative estimate of drug-likeness (QED) is 0.794. The molecule has 2 heterocycles. The maximum Gasteiger partial charge on any atom is 0.222 e. The summed E-state index contributed by atoms with van der Waals surface area (Å²) < 4.78 is 7.51. The second kappa shape index (κ2) is 6.35. The Morgan fingerprint density at radius 3 is 2.62 bits per heavy atom. The summed E-state index contributed by atoms with van der Waals surface area (Å²) in [6, 6.07) is 19.1. The van der Waals surface area contributed by atoms with Gasteiger partial charge in [0.05, 0.1) is 18.7 Å². The van der Waals surface area contributed by atoms with Gasteiger partial charge in [-0.1, -0.05) is 42.5 Å². The SMILES string of the molecule is CCOc1ccc([C@@H]2C[C@H](c3ccccc3)n3ncnc3N2)cc1. The number of hydrogen-bond donors (Lipinski definition) is 1. The lowest BCUT2D eigenvalue weighted by atomic mass is 9.93. The largest absolute Gasteiger partial charge is 0.494 e. The molecule has 24 heavy (non-hydrogen) atoms. The van der Waals surface area contributed by atoms with Crippen molar-refractivity contribution in [2.45, 2.75) is 25.4 Å². The maximum absolute atomic E-state index is 5.54. The molecule has 0 fully saturated rings. The molecule has 1 aliphatic rings. The topological polar surface area (TPSA) is 52.0 Å². The molecule has 2 aromatic carbocycles. The summed E-state index contributed by atoms with van der Waals surface area (Å²) in [5, 5.41) is 7.90. The number of aromatic nitrogens is 3. The van der Waals surface area contributed by atoms with Crippen LogP contribution >= 0.6 is 0 Å². The van der Waals surface area contributed by atoms with Crippen molar-refractivity contribution in [2.75, 3.05) is 11.9 Å². The monoisotopic (exact) mass is 320 g/mol.